The van der Waals surface area contributed by atoms with Gasteiger partial charge in [-0.1, -0.05) is 31.0 Å². The molecule has 1 aromatic carbocycles. The molecule has 0 saturated heterocycles. The summed E-state index contributed by atoms with van der Waals surface area (Å²) in [5.74, 6) is -0.928. The minimum Gasteiger partial charge on any atom is -0.481 e. The quantitative estimate of drug-likeness (QED) is 0.789. The van der Waals surface area contributed by atoms with E-state index in [1.54, 1.807) is 0 Å². The van der Waals surface area contributed by atoms with Gasteiger partial charge in [0.1, 0.15) is 0 Å². The first-order valence-corrected chi connectivity index (χ1v) is 6.19. The molecule has 2 rings (SSSR count). The van der Waals surface area contributed by atoms with Crippen LogP contribution in [0.3, 0.4) is 0 Å². The van der Waals surface area contributed by atoms with Crippen molar-refractivity contribution in [2.75, 3.05) is 5.73 Å². The second-order valence-electron chi connectivity index (χ2n) is 4.94. The predicted octanol–water partition coefficient (Wildman–Crippen LogP) is 2.94. The van der Waals surface area contributed by atoms with Crippen molar-refractivity contribution in [1.82, 2.24) is 0 Å². The summed E-state index contributed by atoms with van der Waals surface area (Å²) in [5.41, 5.74) is 8.43. The average molecular weight is 233 g/mol. The van der Waals surface area contributed by atoms with E-state index in [2.05, 4.69) is 0 Å². The van der Waals surface area contributed by atoms with Gasteiger partial charge in [0.15, 0.2) is 0 Å². The molecule has 3 nitrogen and oxygen atoms in total. The van der Waals surface area contributed by atoms with Crippen LogP contribution in [0.2, 0.25) is 0 Å². The smallest absolute Gasteiger partial charge is 0.311 e. The zero-order valence-corrected chi connectivity index (χ0v) is 10.1. The Labute approximate surface area is 102 Å². The molecule has 1 fully saturated rings. The number of nitrogens with two attached hydrogens (primary N) is 1. The molecule has 0 bridgehead atoms. The highest BCUT2D eigenvalue weighted by molar-refractivity contribution is 5.79. The summed E-state index contributed by atoms with van der Waals surface area (Å²) in [6.45, 7) is 1.92. The van der Waals surface area contributed by atoms with Crippen LogP contribution in [-0.4, -0.2) is 11.1 Å². The molecule has 0 radical (unpaired) electrons. The van der Waals surface area contributed by atoms with Crippen LogP contribution in [0.5, 0.6) is 0 Å². The van der Waals surface area contributed by atoms with Crippen LogP contribution in [0, 0.1) is 12.8 Å². The molecule has 1 unspecified atom stereocenters. The second-order valence-corrected chi connectivity index (χ2v) is 4.94. The second kappa shape index (κ2) is 4.78. The van der Waals surface area contributed by atoms with Crippen molar-refractivity contribution in [2.24, 2.45) is 5.92 Å². The number of carboxylic acids is 1. The van der Waals surface area contributed by atoms with Gasteiger partial charge in [0.05, 0.1) is 5.92 Å². The largest absolute Gasteiger partial charge is 0.481 e. The fourth-order valence-corrected chi connectivity index (χ4v) is 2.85. The van der Waals surface area contributed by atoms with Crippen molar-refractivity contribution in [1.29, 1.82) is 0 Å². The molecule has 0 aromatic heterocycles. The number of carbonyl (C=O) groups is 1. The first-order chi connectivity index (χ1) is 8.11. The van der Waals surface area contributed by atoms with Gasteiger partial charge in [0, 0.05) is 5.69 Å². The maximum Gasteiger partial charge on any atom is 0.311 e. The van der Waals surface area contributed by atoms with E-state index in [9.17, 15) is 9.90 Å². The first-order valence-electron chi connectivity index (χ1n) is 6.19. The average Bonchev–Trinajstić information content (AvgIpc) is 2.77. The Morgan fingerprint density at radius 3 is 2.65 bits per heavy atom. The van der Waals surface area contributed by atoms with Gasteiger partial charge in [-0.15, -0.1) is 0 Å². The number of benzene rings is 1. The lowest BCUT2D eigenvalue weighted by molar-refractivity contribution is -0.140. The summed E-state index contributed by atoms with van der Waals surface area (Å²) in [6, 6.07) is 5.68. The van der Waals surface area contributed by atoms with Gasteiger partial charge in [-0.05, 0) is 36.8 Å². The molecule has 1 aromatic rings. The topological polar surface area (TPSA) is 63.3 Å². The zero-order valence-electron chi connectivity index (χ0n) is 10.1. The number of nitrogen functional groups attached to an aromatic ring is 1. The third-order valence-electron chi connectivity index (χ3n) is 3.83. The number of aliphatic carboxylic acids is 1. The van der Waals surface area contributed by atoms with E-state index in [0.29, 0.717) is 5.69 Å². The number of aryl methyl sites for hydroxylation is 1. The molecule has 17 heavy (non-hydrogen) atoms. The zero-order chi connectivity index (χ0) is 12.4. The molecule has 0 heterocycles. The highest BCUT2D eigenvalue weighted by atomic mass is 16.4. The van der Waals surface area contributed by atoms with E-state index in [-0.39, 0.29) is 5.92 Å². The Balaban J connectivity index is 2.38. The Morgan fingerprint density at radius 1 is 1.41 bits per heavy atom. The van der Waals surface area contributed by atoms with Crippen LogP contribution in [0.25, 0.3) is 0 Å². The molecule has 0 spiro atoms. The Kier molecular flexibility index (Phi) is 3.36. The number of hydrogen-bond acceptors (Lipinski definition) is 2. The Bertz CT molecular complexity index is 422. The number of para-hydroxylation sites is 1. The molecule has 1 saturated carbocycles. The molecular weight excluding hydrogens is 214 g/mol. The molecule has 92 valence electrons. The fraction of sp³-hybridized carbons (Fsp3) is 0.500. The molecule has 1 aliphatic rings. The molecule has 3 heteroatoms. The third-order valence-corrected chi connectivity index (χ3v) is 3.83. The molecular formula is C14H19NO2. The minimum atomic E-state index is -0.741. The molecule has 0 amide bonds. The van der Waals surface area contributed by atoms with Gasteiger partial charge >= 0.3 is 5.97 Å². The normalized spacial score (nSPS) is 18.2. The minimum absolute atomic E-state index is 0.247. The lowest BCUT2D eigenvalue weighted by atomic mass is 9.83. The monoisotopic (exact) mass is 233 g/mol. The van der Waals surface area contributed by atoms with Crippen LogP contribution < -0.4 is 5.73 Å². The third kappa shape index (κ3) is 2.28. The molecule has 3 N–H and O–H groups in total. The van der Waals surface area contributed by atoms with Crippen LogP contribution in [0.15, 0.2) is 18.2 Å². The van der Waals surface area contributed by atoms with Gasteiger partial charge < -0.3 is 10.8 Å². The van der Waals surface area contributed by atoms with Crippen LogP contribution in [0.4, 0.5) is 5.69 Å². The SMILES string of the molecule is Cc1cccc(C(C(=O)O)C2CCCC2)c1N. The van der Waals surface area contributed by atoms with Gasteiger partial charge in [-0.2, -0.15) is 0 Å². The van der Waals surface area contributed by atoms with Gasteiger partial charge in [0.2, 0.25) is 0 Å². The summed E-state index contributed by atoms with van der Waals surface area (Å²) in [4.78, 5) is 11.5. The lowest BCUT2D eigenvalue weighted by Gasteiger charge is -2.21. The predicted molar refractivity (Wildman–Crippen MR) is 67.9 cm³/mol. The van der Waals surface area contributed by atoms with Gasteiger partial charge in [0.25, 0.3) is 0 Å². The van der Waals surface area contributed by atoms with Crippen LogP contribution in [-0.2, 0) is 4.79 Å². The van der Waals surface area contributed by atoms with E-state index in [4.69, 9.17) is 5.73 Å². The van der Waals surface area contributed by atoms with E-state index < -0.39 is 11.9 Å². The molecule has 0 aliphatic heterocycles. The van der Waals surface area contributed by atoms with Crippen LogP contribution in [0.1, 0.15) is 42.7 Å². The van der Waals surface area contributed by atoms with Crippen molar-refractivity contribution in [3.63, 3.8) is 0 Å². The number of rotatable bonds is 3. The Morgan fingerprint density at radius 2 is 2.06 bits per heavy atom. The van der Waals surface area contributed by atoms with Crippen LogP contribution >= 0.6 is 0 Å². The number of anilines is 1. The summed E-state index contributed by atoms with van der Waals surface area (Å²) < 4.78 is 0. The van der Waals surface area contributed by atoms with E-state index in [1.807, 2.05) is 25.1 Å². The number of carboxylic acid groups (broad SMARTS) is 1. The summed E-state index contributed by atoms with van der Waals surface area (Å²) in [5, 5.41) is 9.45. The molecule has 1 atom stereocenters. The van der Waals surface area contributed by atoms with E-state index >= 15 is 0 Å². The number of hydrogen-bond donors (Lipinski definition) is 2. The van der Waals surface area contributed by atoms with E-state index in [1.165, 1.54) is 0 Å². The fourth-order valence-electron chi connectivity index (χ4n) is 2.85. The first kappa shape index (κ1) is 12.0. The highest BCUT2D eigenvalue weighted by Gasteiger charge is 2.33. The summed E-state index contributed by atoms with van der Waals surface area (Å²) in [7, 11) is 0. The van der Waals surface area contributed by atoms with Gasteiger partial charge in [-0.25, -0.2) is 0 Å². The molecule has 1 aliphatic carbocycles. The van der Waals surface area contributed by atoms with Gasteiger partial charge in [-0.3, -0.25) is 4.79 Å². The Hall–Kier alpha value is -1.51. The van der Waals surface area contributed by atoms with E-state index in [0.717, 1.165) is 36.8 Å². The summed E-state index contributed by atoms with van der Waals surface area (Å²) >= 11 is 0. The van der Waals surface area contributed by atoms with Crippen molar-refractivity contribution >= 4 is 11.7 Å². The summed E-state index contributed by atoms with van der Waals surface area (Å²) in [6.07, 6.45) is 4.29. The van der Waals surface area contributed by atoms with Crippen molar-refractivity contribution in [3.8, 4) is 0 Å². The standard InChI is InChI=1S/C14H19NO2/c1-9-5-4-8-11(13(9)15)12(14(16)17)10-6-2-3-7-10/h4-5,8,10,12H,2-3,6-7,15H2,1H3,(H,16,17). The van der Waals surface area contributed by atoms with Crippen molar-refractivity contribution < 1.29 is 9.90 Å². The highest BCUT2D eigenvalue weighted by Crippen LogP contribution is 2.39. The maximum absolute atomic E-state index is 11.5. The maximum atomic E-state index is 11.5. The lowest BCUT2D eigenvalue weighted by Crippen LogP contribution is -2.21. The van der Waals surface area contributed by atoms with Crippen molar-refractivity contribution in [3.05, 3.63) is 29.3 Å². The van der Waals surface area contributed by atoms with Crippen molar-refractivity contribution in [2.45, 2.75) is 38.5 Å².